The molecule has 2 saturated heterocycles. The predicted molar refractivity (Wildman–Crippen MR) is 138 cm³/mol. The van der Waals surface area contributed by atoms with E-state index < -0.39 is 5.97 Å². The normalized spacial score (nSPS) is 53.9. The summed E-state index contributed by atoms with van der Waals surface area (Å²) in [4.78, 5) is 12.1. The summed E-state index contributed by atoms with van der Waals surface area (Å²) in [6.07, 6.45) is 12.2. The van der Waals surface area contributed by atoms with Crippen LogP contribution in [0.1, 0.15) is 93.4 Å². The number of ketones is 1. The van der Waals surface area contributed by atoms with E-state index in [-0.39, 0.29) is 45.9 Å². The fourth-order valence-electron chi connectivity index (χ4n) is 9.83. The number of carbonyl (C=O) groups is 1. The smallest absolute Gasteiger partial charge is 0.284 e. The molecule has 0 aromatic carbocycles. The summed E-state index contributed by atoms with van der Waals surface area (Å²) in [6.45, 7) is 15.8. The Morgan fingerprint density at radius 1 is 1.08 bits per heavy atom. The molecule has 0 radical (unpaired) electrons. The zero-order chi connectivity index (χ0) is 25.9. The van der Waals surface area contributed by atoms with E-state index in [2.05, 4.69) is 54.5 Å². The molecule has 4 aliphatic carbocycles. The molecule has 3 saturated carbocycles. The highest BCUT2D eigenvalue weighted by Gasteiger charge is 2.67. The fourth-order valence-corrected chi connectivity index (χ4v) is 9.83. The van der Waals surface area contributed by atoms with Crippen molar-refractivity contribution in [3.05, 3.63) is 23.8 Å². The van der Waals surface area contributed by atoms with Crippen LogP contribution in [0.5, 0.6) is 0 Å². The van der Waals surface area contributed by atoms with Gasteiger partial charge in [0.2, 0.25) is 0 Å². The lowest BCUT2D eigenvalue weighted by atomic mass is 9.46. The van der Waals surface area contributed by atoms with Crippen molar-refractivity contribution in [1.29, 1.82) is 0 Å². The number of rotatable bonds is 3. The van der Waals surface area contributed by atoms with Crippen molar-refractivity contribution >= 4 is 5.78 Å². The first-order valence-corrected chi connectivity index (χ1v) is 14.5. The van der Waals surface area contributed by atoms with Crippen molar-refractivity contribution in [2.24, 2.45) is 40.4 Å². The molecule has 5 nitrogen and oxygen atoms in total. The first-order chi connectivity index (χ1) is 16.8. The van der Waals surface area contributed by atoms with E-state index in [9.17, 15) is 9.90 Å². The second kappa shape index (κ2) is 7.77. The largest absolute Gasteiger partial charge is 0.392 e. The Balaban J connectivity index is 1.27. The summed E-state index contributed by atoms with van der Waals surface area (Å²) in [6, 6.07) is 0. The highest BCUT2D eigenvalue weighted by atomic mass is 16.9. The molecule has 6 rings (SSSR count). The Kier molecular flexibility index (Phi) is 5.46. The number of fused-ring (bicyclic) bond motifs is 7. The van der Waals surface area contributed by atoms with Gasteiger partial charge in [0.1, 0.15) is 5.60 Å². The average Bonchev–Trinajstić information content (AvgIpc) is 3.22. The Morgan fingerprint density at radius 2 is 1.83 bits per heavy atom. The van der Waals surface area contributed by atoms with Crippen LogP contribution in [0.2, 0.25) is 0 Å². The lowest BCUT2D eigenvalue weighted by Crippen LogP contribution is -2.56. The minimum Gasteiger partial charge on any atom is -0.392 e. The number of aliphatic hydroxyl groups excluding tert-OH is 1. The van der Waals surface area contributed by atoms with Crippen LogP contribution in [0, 0.1) is 40.4 Å². The quantitative estimate of drug-likeness (QED) is 0.521. The highest BCUT2D eigenvalue weighted by Crippen LogP contribution is 2.68. The van der Waals surface area contributed by atoms with Crippen molar-refractivity contribution in [2.45, 2.75) is 123 Å². The average molecular weight is 499 g/mol. The SMILES string of the molecule is CCC12O[C@@H]([C@@H](C)[C@H]3CC[C@H]4[C@@H]5[C@H](O)CC6=CC(=O)C=C[C@]6(C)[C@H]5CC[C@]34C)C[C@@](C)(O1)C(C)(C)O2. The van der Waals surface area contributed by atoms with Gasteiger partial charge < -0.3 is 19.3 Å². The Hall–Kier alpha value is -1.01. The van der Waals surface area contributed by atoms with Gasteiger partial charge >= 0.3 is 0 Å². The van der Waals surface area contributed by atoms with E-state index in [0.717, 1.165) is 18.4 Å². The van der Waals surface area contributed by atoms with E-state index in [0.29, 0.717) is 36.5 Å². The van der Waals surface area contributed by atoms with Crippen LogP contribution in [0.4, 0.5) is 0 Å². The van der Waals surface area contributed by atoms with Gasteiger partial charge in [0.15, 0.2) is 5.78 Å². The second-order valence-corrected chi connectivity index (χ2v) is 14.2. The molecule has 0 amide bonds. The fraction of sp³-hybridized carbons (Fsp3) is 0.839. The number of hydrogen-bond donors (Lipinski definition) is 1. The van der Waals surface area contributed by atoms with Gasteiger partial charge in [-0.3, -0.25) is 4.79 Å². The van der Waals surface area contributed by atoms with Crippen molar-refractivity contribution in [2.75, 3.05) is 0 Å². The summed E-state index contributed by atoms with van der Waals surface area (Å²) >= 11 is 0. The standard InChI is InChI=1S/C31H46O5/c1-8-31-34-25(17-30(7,36-31)27(3,4)35-31)18(2)21-9-10-22-26-23(12-14-29(21,22)6)28(5)13-11-20(32)15-19(28)16-24(26)33/h11,13,15,18,21-26,33H,8-10,12,14,16-17H2,1-7H3/t18-,21+,22-,23-,24+,25+,26-,28-,29+,30+,31?/m0/s1. The van der Waals surface area contributed by atoms with Crippen molar-refractivity contribution in [3.63, 3.8) is 0 Å². The minimum atomic E-state index is -0.937. The summed E-state index contributed by atoms with van der Waals surface area (Å²) in [5.41, 5.74) is 0.474. The molecule has 2 heterocycles. The lowest BCUT2D eigenvalue weighted by molar-refractivity contribution is -0.396. The summed E-state index contributed by atoms with van der Waals surface area (Å²) in [7, 11) is 0. The highest BCUT2D eigenvalue weighted by molar-refractivity contribution is 6.01. The molecule has 200 valence electrons. The summed E-state index contributed by atoms with van der Waals surface area (Å²) < 4.78 is 19.6. The molecule has 6 aliphatic rings. The van der Waals surface area contributed by atoms with Gasteiger partial charge in [-0.1, -0.05) is 39.3 Å². The van der Waals surface area contributed by atoms with Crippen LogP contribution in [-0.2, 0) is 19.0 Å². The maximum Gasteiger partial charge on any atom is 0.284 e. The molecule has 1 unspecified atom stereocenters. The minimum absolute atomic E-state index is 0.0691. The molecule has 2 aliphatic heterocycles. The molecule has 36 heavy (non-hydrogen) atoms. The van der Waals surface area contributed by atoms with Crippen LogP contribution in [0.15, 0.2) is 23.8 Å². The molecular formula is C31H46O5. The summed E-state index contributed by atoms with van der Waals surface area (Å²) in [5, 5.41) is 11.5. The molecule has 2 bridgehead atoms. The van der Waals surface area contributed by atoms with Crippen LogP contribution < -0.4 is 0 Å². The van der Waals surface area contributed by atoms with Gasteiger partial charge in [-0.15, -0.1) is 0 Å². The van der Waals surface area contributed by atoms with Crippen molar-refractivity contribution in [1.82, 2.24) is 0 Å². The number of ether oxygens (including phenoxy) is 3. The van der Waals surface area contributed by atoms with E-state index >= 15 is 0 Å². The van der Waals surface area contributed by atoms with E-state index in [4.69, 9.17) is 14.2 Å². The van der Waals surface area contributed by atoms with Crippen LogP contribution in [-0.4, -0.2) is 40.3 Å². The zero-order valence-corrected chi connectivity index (χ0v) is 23.3. The van der Waals surface area contributed by atoms with Crippen LogP contribution in [0.3, 0.4) is 0 Å². The van der Waals surface area contributed by atoms with Gasteiger partial charge in [-0.05, 0) is 100 Å². The monoisotopic (exact) mass is 498 g/mol. The maximum atomic E-state index is 12.1. The second-order valence-electron chi connectivity index (χ2n) is 14.2. The zero-order valence-electron chi connectivity index (χ0n) is 23.3. The molecule has 5 fully saturated rings. The number of allylic oxidation sites excluding steroid dienone is 3. The third-order valence-electron chi connectivity index (χ3n) is 12.3. The first-order valence-electron chi connectivity index (χ1n) is 14.5. The topological polar surface area (TPSA) is 65.0 Å². The first kappa shape index (κ1) is 25.3. The number of carbonyl (C=O) groups excluding carboxylic acids is 1. The third kappa shape index (κ3) is 3.25. The Bertz CT molecular complexity index is 1010. The van der Waals surface area contributed by atoms with Gasteiger partial charge in [0.25, 0.3) is 5.97 Å². The van der Waals surface area contributed by atoms with Gasteiger partial charge in [-0.25, -0.2) is 0 Å². The Labute approximate surface area is 217 Å². The number of hydrogen-bond acceptors (Lipinski definition) is 5. The van der Waals surface area contributed by atoms with Crippen molar-refractivity contribution in [3.8, 4) is 0 Å². The molecule has 11 atom stereocenters. The maximum absolute atomic E-state index is 12.1. The Morgan fingerprint density at radius 3 is 2.56 bits per heavy atom. The number of aliphatic hydroxyl groups is 1. The molecule has 0 aromatic heterocycles. The van der Waals surface area contributed by atoms with E-state index in [1.807, 2.05) is 0 Å². The van der Waals surface area contributed by atoms with Crippen LogP contribution in [0.25, 0.3) is 0 Å². The predicted octanol–water partition coefficient (Wildman–Crippen LogP) is 5.95. The molecular weight excluding hydrogens is 452 g/mol. The van der Waals surface area contributed by atoms with Gasteiger partial charge in [0, 0.05) is 18.3 Å². The van der Waals surface area contributed by atoms with E-state index in [1.54, 1.807) is 12.2 Å². The summed E-state index contributed by atoms with van der Waals surface area (Å²) in [5.74, 6) is 1.26. The van der Waals surface area contributed by atoms with Crippen molar-refractivity contribution < 1.29 is 24.1 Å². The van der Waals surface area contributed by atoms with Gasteiger partial charge in [-0.2, -0.15) is 0 Å². The van der Waals surface area contributed by atoms with E-state index in [1.165, 1.54) is 19.3 Å². The lowest BCUT2D eigenvalue weighted by Gasteiger charge is -2.59. The molecule has 0 aromatic rings. The molecule has 1 N–H and O–H groups in total. The molecule has 0 spiro atoms. The van der Waals surface area contributed by atoms with Crippen LogP contribution >= 0.6 is 0 Å². The molecule has 5 heteroatoms. The van der Waals surface area contributed by atoms with Gasteiger partial charge in [0.05, 0.1) is 17.8 Å². The third-order valence-corrected chi connectivity index (χ3v) is 12.3.